The smallest absolute Gasteiger partial charge is 0.407 e. The summed E-state index contributed by atoms with van der Waals surface area (Å²) >= 11 is 6.69. The van der Waals surface area contributed by atoms with Crippen molar-refractivity contribution in [3.05, 3.63) is 83.1 Å². The number of amides is 2. The van der Waals surface area contributed by atoms with Crippen molar-refractivity contribution in [3.63, 3.8) is 0 Å². The summed E-state index contributed by atoms with van der Waals surface area (Å²) in [6, 6.07) is 11.0. The lowest BCUT2D eigenvalue weighted by molar-refractivity contribution is -0.122. The SMILES string of the molecule is COc1ccc(CN(c2ncns2)S(=O)(=O)c2cc(F)cc(OCC3CN(C(=O)O)CC(=O)N3c3ccc(Cl)cc3)c2F)c(OC)c1. The maximum atomic E-state index is 16.1. The number of carbonyl (C=O) groups is 2. The van der Waals surface area contributed by atoms with Crippen molar-refractivity contribution in [2.75, 3.05) is 43.1 Å². The molecule has 4 aromatic rings. The lowest BCUT2D eigenvalue weighted by Crippen LogP contribution is -2.59. The van der Waals surface area contributed by atoms with E-state index in [4.69, 9.17) is 25.8 Å². The molecule has 1 saturated heterocycles. The molecule has 0 bridgehead atoms. The number of rotatable bonds is 11. The number of methoxy groups -OCH3 is 2. The van der Waals surface area contributed by atoms with E-state index in [-0.39, 0.29) is 17.4 Å². The van der Waals surface area contributed by atoms with Gasteiger partial charge in [0.2, 0.25) is 11.0 Å². The topological polar surface area (TPSA) is 152 Å². The lowest BCUT2D eigenvalue weighted by Gasteiger charge is -2.39. The van der Waals surface area contributed by atoms with Gasteiger partial charge in [0, 0.05) is 46.5 Å². The number of halogens is 3. The van der Waals surface area contributed by atoms with E-state index in [2.05, 4.69) is 9.36 Å². The van der Waals surface area contributed by atoms with Gasteiger partial charge in [-0.15, -0.1) is 0 Å². The second kappa shape index (κ2) is 13.9. The van der Waals surface area contributed by atoms with Gasteiger partial charge in [-0.1, -0.05) is 11.6 Å². The quantitative estimate of drug-likeness (QED) is 0.233. The normalized spacial score (nSPS) is 15.0. The van der Waals surface area contributed by atoms with Gasteiger partial charge in [0.15, 0.2) is 11.6 Å². The third-order valence-corrected chi connectivity index (χ3v) is 9.90. The first-order valence-corrected chi connectivity index (χ1v) is 16.2. The second-order valence-corrected chi connectivity index (χ2v) is 13.0. The number of carbonyl (C=O) groups excluding carboxylic acids is 1. The monoisotopic (exact) mass is 709 g/mol. The molecular weight excluding hydrogens is 684 g/mol. The van der Waals surface area contributed by atoms with Gasteiger partial charge in [-0.25, -0.2) is 31.3 Å². The number of nitrogens with zero attached hydrogens (tertiary/aromatic N) is 5. The van der Waals surface area contributed by atoms with Crippen LogP contribution in [-0.4, -0.2) is 79.7 Å². The molecule has 2 heterocycles. The van der Waals surface area contributed by atoms with Gasteiger partial charge >= 0.3 is 6.09 Å². The van der Waals surface area contributed by atoms with Crippen molar-refractivity contribution in [2.45, 2.75) is 17.5 Å². The highest BCUT2D eigenvalue weighted by atomic mass is 35.5. The van der Waals surface area contributed by atoms with Gasteiger partial charge in [0.1, 0.15) is 41.7 Å². The average Bonchev–Trinajstić information content (AvgIpc) is 3.58. The molecule has 18 heteroatoms. The highest BCUT2D eigenvalue weighted by molar-refractivity contribution is 7.93. The molecule has 3 aromatic carbocycles. The first-order valence-electron chi connectivity index (χ1n) is 13.6. The zero-order valence-corrected chi connectivity index (χ0v) is 27.1. The van der Waals surface area contributed by atoms with E-state index in [9.17, 15) is 27.5 Å². The van der Waals surface area contributed by atoms with Gasteiger partial charge in [0.05, 0.1) is 26.8 Å². The molecule has 5 rings (SSSR count). The molecule has 0 saturated carbocycles. The molecule has 0 radical (unpaired) electrons. The Hall–Kier alpha value is -4.74. The summed E-state index contributed by atoms with van der Waals surface area (Å²) < 4.78 is 79.9. The first kappa shape index (κ1) is 33.6. The summed E-state index contributed by atoms with van der Waals surface area (Å²) in [4.78, 5) is 29.8. The highest BCUT2D eigenvalue weighted by Gasteiger charge is 2.37. The highest BCUT2D eigenvalue weighted by Crippen LogP contribution is 2.35. The number of aromatic nitrogens is 2. The Kier molecular flexibility index (Phi) is 9.97. The van der Waals surface area contributed by atoms with Crippen LogP contribution in [0.5, 0.6) is 17.2 Å². The molecule has 13 nitrogen and oxygen atoms in total. The number of sulfonamides is 1. The predicted molar refractivity (Wildman–Crippen MR) is 167 cm³/mol. The molecule has 248 valence electrons. The van der Waals surface area contributed by atoms with Crippen molar-refractivity contribution < 1.29 is 46.1 Å². The summed E-state index contributed by atoms with van der Waals surface area (Å²) in [5, 5.41) is 9.80. The number of piperazine rings is 1. The van der Waals surface area contributed by atoms with E-state index in [0.29, 0.717) is 45.7 Å². The summed E-state index contributed by atoms with van der Waals surface area (Å²) in [5.41, 5.74) is 0.718. The van der Waals surface area contributed by atoms with Crippen LogP contribution in [0.3, 0.4) is 0 Å². The second-order valence-electron chi connectivity index (χ2n) is 10.00. The van der Waals surface area contributed by atoms with Crippen LogP contribution in [0.1, 0.15) is 5.56 Å². The van der Waals surface area contributed by atoms with Crippen LogP contribution in [0.15, 0.2) is 65.8 Å². The Bertz CT molecular complexity index is 1880. The van der Waals surface area contributed by atoms with Crippen LogP contribution in [-0.2, 0) is 21.4 Å². The Morgan fingerprint density at radius 3 is 2.49 bits per heavy atom. The van der Waals surface area contributed by atoms with Gasteiger partial charge < -0.3 is 24.2 Å². The van der Waals surface area contributed by atoms with E-state index in [1.54, 1.807) is 12.1 Å². The van der Waals surface area contributed by atoms with Crippen molar-refractivity contribution in [1.82, 2.24) is 14.3 Å². The molecule has 1 aromatic heterocycles. The predicted octanol–water partition coefficient (Wildman–Crippen LogP) is 4.66. The number of benzene rings is 3. The zero-order chi connectivity index (χ0) is 33.9. The Morgan fingerprint density at radius 1 is 1.11 bits per heavy atom. The Morgan fingerprint density at radius 2 is 1.85 bits per heavy atom. The van der Waals surface area contributed by atoms with Crippen molar-refractivity contribution in [2.24, 2.45) is 0 Å². The summed E-state index contributed by atoms with van der Waals surface area (Å²) in [6.45, 7) is -1.62. The van der Waals surface area contributed by atoms with Gasteiger partial charge in [-0.2, -0.15) is 4.37 Å². The minimum Gasteiger partial charge on any atom is -0.497 e. The molecule has 0 aliphatic carbocycles. The molecule has 0 spiro atoms. The number of hydrogen-bond acceptors (Lipinski definition) is 10. The summed E-state index contributed by atoms with van der Waals surface area (Å²) in [5.74, 6) is -3.23. The van der Waals surface area contributed by atoms with Crippen LogP contribution in [0.4, 0.5) is 24.4 Å². The van der Waals surface area contributed by atoms with Crippen molar-refractivity contribution >= 4 is 56.0 Å². The Balaban J connectivity index is 1.48. The standard InChI is InChI=1S/C29H26ClF2N5O8S2/c1-43-22-8-3-17(23(11-22)44-2)12-36(28-33-16-34-46-28)47(41,42)25-10-19(31)9-24(27(25)32)45-15-21-13-35(29(39)40)14-26(38)37(21)20-6-4-18(30)5-7-20/h3-11,16,21H,12-15H2,1-2H3,(H,39,40). The number of ether oxygens (including phenoxy) is 3. The lowest BCUT2D eigenvalue weighted by atomic mass is 10.1. The fourth-order valence-corrected chi connectivity index (χ4v) is 7.23. The molecule has 1 N–H and O–H groups in total. The number of carboxylic acid groups (broad SMARTS) is 1. The van der Waals surface area contributed by atoms with E-state index >= 15 is 4.39 Å². The molecule has 1 aliphatic heterocycles. The largest absolute Gasteiger partial charge is 0.497 e. The van der Waals surface area contributed by atoms with Crippen molar-refractivity contribution in [1.29, 1.82) is 0 Å². The maximum absolute atomic E-state index is 16.1. The van der Waals surface area contributed by atoms with Crippen LogP contribution in [0.25, 0.3) is 0 Å². The van der Waals surface area contributed by atoms with Gasteiger partial charge in [0.25, 0.3) is 10.0 Å². The van der Waals surface area contributed by atoms with Gasteiger partial charge in [-0.3, -0.25) is 9.69 Å². The maximum Gasteiger partial charge on any atom is 0.407 e. The number of anilines is 2. The van der Waals surface area contributed by atoms with Crippen LogP contribution >= 0.6 is 23.1 Å². The minimum atomic E-state index is -4.87. The molecule has 1 unspecified atom stereocenters. The summed E-state index contributed by atoms with van der Waals surface area (Å²) in [7, 11) is -2.05. The van der Waals surface area contributed by atoms with Crippen LogP contribution < -0.4 is 23.4 Å². The molecule has 1 fully saturated rings. The first-order chi connectivity index (χ1) is 22.4. The fourth-order valence-electron chi connectivity index (χ4n) is 4.88. The van der Waals surface area contributed by atoms with Crippen LogP contribution in [0, 0.1) is 11.6 Å². The van der Waals surface area contributed by atoms with E-state index in [1.807, 2.05) is 0 Å². The molecule has 1 atom stereocenters. The third kappa shape index (κ3) is 7.16. The number of hydrogen-bond donors (Lipinski definition) is 1. The van der Waals surface area contributed by atoms with E-state index in [1.165, 1.54) is 49.5 Å². The molecule has 1 aliphatic rings. The minimum absolute atomic E-state index is 0.137. The molecule has 2 amide bonds. The molecule has 47 heavy (non-hydrogen) atoms. The van der Waals surface area contributed by atoms with Crippen LogP contribution in [0.2, 0.25) is 5.02 Å². The zero-order valence-electron chi connectivity index (χ0n) is 24.7. The Labute approximate surface area is 276 Å². The molecular formula is C29H26ClF2N5O8S2. The van der Waals surface area contributed by atoms with Gasteiger partial charge in [-0.05, 0) is 42.5 Å². The van der Waals surface area contributed by atoms with E-state index in [0.717, 1.165) is 15.5 Å². The van der Waals surface area contributed by atoms with Crippen molar-refractivity contribution in [3.8, 4) is 17.2 Å². The van der Waals surface area contributed by atoms with E-state index < -0.39 is 70.0 Å². The third-order valence-electron chi connectivity index (χ3n) is 7.11. The summed E-state index contributed by atoms with van der Waals surface area (Å²) in [6.07, 6.45) is -0.252. The average molecular weight is 710 g/mol. The fraction of sp³-hybridized carbons (Fsp3) is 0.241.